The van der Waals surface area contributed by atoms with Gasteiger partial charge in [-0.1, -0.05) is 0 Å². The molecule has 1 N–H and O–H groups in total. The molecule has 2 heterocycles. The monoisotopic (exact) mass is 297 g/mol. The Bertz CT molecular complexity index is 573. The van der Waals surface area contributed by atoms with E-state index >= 15 is 0 Å². The molecule has 2 rings (SSSR count). The highest BCUT2D eigenvalue weighted by atomic mass is 19.1. The Labute approximate surface area is 123 Å². The van der Waals surface area contributed by atoms with Gasteiger partial charge in [0.05, 0.1) is 16.7 Å². The Balaban J connectivity index is 2.31. The molecule has 1 saturated heterocycles. The third kappa shape index (κ3) is 2.82. The molecule has 1 aliphatic heterocycles. The fourth-order valence-electron chi connectivity index (χ4n) is 2.02. The van der Waals surface area contributed by atoms with E-state index in [0.717, 1.165) is 0 Å². The first-order chi connectivity index (χ1) is 9.69. The predicted molar refractivity (Wildman–Crippen MR) is 79.7 cm³/mol. The van der Waals surface area contributed by atoms with Crippen LogP contribution in [0.5, 0.6) is 0 Å². The molecule has 0 aliphatic carbocycles. The van der Waals surface area contributed by atoms with E-state index in [1.165, 1.54) is 10.8 Å². The first-order valence-electron chi connectivity index (χ1n) is 6.91. The SMILES string of the molecule is Cn1c(NCCF)ncc(B2OC(C)(C)C(C)(C)O2)c1=O. The van der Waals surface area contributed by atoms with E-state index in [-0.39, 0.29) is 12.1 Å². The van der Waals surface area contributed by atoms with Crippen molar-refractivity contribution in [1.29, 1.82) is 0 Å². The molecular weight excluding hydrogens is 276 g/mol. The van der Waals surface area contributed by atoms with Gasteiger partial charge in [-0.15, -0.1) is 0 Å². The number of aromatic nitrogens is 2. The average molecular weight is 297 g/mol. The van der Waals surface area contributed by atoms with Gasteiger partial charge in [0.2, 0.25) is 5.95 Å². The predicted octanol–water partition coefficient (Wildman–Crippen LogP) is 0.461. The summed E-state index contributed by atoms with van der Waals surface area (Å²) in [6.45, 7) is 7.25. The molecule has 0 spiro atoms. The van der Waals surface area contributed by atoms with Crippen LogP contribution in [0.1, 0.15) is 27.7 Å². The summed E-state index contributed by atoms with van der Waals surface area (Å²) in [5.41, 5.74) is -0.978. The summed E-state index contributed by atoms with van der Waals surface area (Å²) in [6, 6.07) is 0. The minimum Gasteiger partial charge on any atom is -0.399 e. The van der Waals surface area contributed by atoms with Gasteiger partial charge in [0, 0.05) is 19.8 Å². The van der Waals surface area contributed by atoms with Gasteiger partial charge in [0.1, 0.15) is 6.67 Å². The van der Waals surface area contributed by atoms with Crippen molar-refractivity contribution in [2.45, 2.75) is 38.9 Å². The Morgan fingerprint density at radius 3 is 2.43 bits per heavy atom. The van der Waals surface area contributed by atoms with Crippen LogP contribution in [0.15, 0.2) is 11.0 Å². The molecule has 0 aromatic carbocycles. The molecular formula is C13H21BFN3O3. The van der Waals surface area contributed by atoms with Crippen molar-refractivity contribution in [3.8, 4) is 0 Å². The molecule has 0 bridgehead atoms. The van der Waals surface area contributed by atoms with Gasteiger partial charge in [0.15, 0.2) is 0 Å². The summed E-state index contributed by atoms with van der Waals surface area (Å²) < 4.78 is 25.2. The molecule has 8 heteroatoms. The number of alkyl halides is 1. The second-order valence-electron chi connectivity index (χ2n) is 6.11. The van der Waals surface area contributed by atoms with Crippen LogP contribution in [0.2, 0.25) is 0 Å². The molecule has 1 aromatic heterocycles. The van der Waals surface area contributed by atoms with Gasteiger partial charge in [-0.05, 0) is 27.7 Å². The van der Waals surface area contributed by atoms with Crippen molar-refractivity contribution in [3.63, 3.8) is 0 Å². The zero-order valence-electron chi connectivity index (χ0n) is 13.1. The quantitative estimate of drug-likeness (QED) is 0.818. The summed E-state index contributed by atoms with van der Waals surface area (Å²) in [4.78, 5) is 16.5. The third-order valence-electron chi connectivity index (χ3n) is 4.08. The van der Waals surface area contributed by atoms with Crippen LogP contribution in [-0.2, 0) is 16.4 Å². The first kappa shape index (κ1) is 16.0. The van der Waals surface area contributed by atoms with Gasteiger partial charge < -0.3 is 14.6 Å². The number of hydrogen-bond donors (Lipinski definition) is 1. The van der Waals surface area contributed by atoms with Crippen LogP contribution >= 0.6 is 0 Å². The fraction of sp³-hybridized carbons (Fsp3) is 0.692. The van der Waals surface area contributed by atoms with Crippen molar-refractivity contribution < 1.29 is 13.7 Å². The molecule has 0 amide bonds. The number of hydrogen-bond acceptors (Lipinski definition) is 5. The topological polar surface area (TPSA) is 65.4 Å². The maximum Gasteiger partial charge on any atom is 0.502 e. The highest BCUT2D eigenvalue weighted by Crippen LogP contribution is 2.36. The molecule has 1 fully saturated rings. The van der Waals surface area contributed by atoms with E-state index < -0.39 is 25.0 Å². The van der Waals surface area contributed by atoms with Crippen molar-refractivity contribution in [3.05, 3.63) is 16.6 Å². The summed E-state index contributed by atoms with van der Waals surface area (Å²) in [5, 5.41) is 2.75. The number of nitrogens with one attached hydrogen (secondary N) is 1. The number of anilines is 1. The molecule has 0 atom stereocenters. The second kappa shape index (κ2) is 5.42. The summed E-state index contributed by atoms with van der Waals surface area (Å²) in [7, 11) is 0.821. The van der Waals surface area contributed by atoms with Crippen molar-refractivity contribution in [2.24, 2.45) is 7.05 Å². The lowest BCUT2D eigenvalue weighted by atomic mass is 9.81. The van der Waals surface area contributed by atoms with Gasteiger partial charge in [-0.3, -0.25) is 9.36 Å². The standard InChI is InChI=1S/C13H21BFN3O3/c1-12(2)13(3,4)21-14(20-12)9-8-17-11(16-7-6-15)18(5)10(9)19/h8H,6-7H2,1-5H3,(H,16,17). The molecule has 0 saturated carbocycles. The van der Waals surface area contributed by atoms with E-state index in [1.54, 1.807) is 7.05 Å². The van der Waals surface area contributed by atoms with Crippen LogP contribution in [0.3, 0.4) is 0 Å². The zero-order valence-corrected chi connectivity index (χ0v) is 13.1. The van der Waals surface area contributed by atoms with Crippen LogP contribution < -0.4 is 16.3 Å². The van der Waals surface area contributed by atoms with E-state index in [4.69, 9.17) is 9.31 Å². The minimum absolute atomic E-state index is 0.107. The number of nitrogens with zero attached hydrogens (tertiary/aromatic N) is 2. The summed E-state index contributed by atoms with van der Waals surface area (Å²) in [5.74, 6) is 0.318. The minimum atomic E-state index is -0.753. The van der Waals surface area contributed by atoms with Crippen LogP contribution in [0.4, 0.5) is 10.3 Å². The highest BCUT2D eigenvalue weighted by molar-refractivity contribution is 6.61. The lowest BCUT2D eigenvalue weighted by molar-refractivity contribution is 0.00578. The maximum atomic E-state index is 12.4. The van der Waals surface area contributed by atoms with Crippen molar-refractivity contribution in [2.75, 3.05) is 18.5 Å². The molecule has 1 aliphatic rings. The van der Waals surface area contributed by atoms with Gasteiger partial charge in [-0.2, -0.15) is 0 Å². The molecule has 116 valence electrons. The average Bonchev–Trinajstić information content (AvgIpc) is 2.60. The maximum absolute atomic E-state index is 12.4. The zero-order chi connectivity index (χ0) is 15.8. The van der Waals surface area contributed by atoms with Crippen LogP contribution in [0.25, 0.3) is 0 Å². The molecule has 21 heavy (non-hydrogen) atoms. The van der Waals surface area contributed by atoms with Gasteiger partial charge in [0.25, 0.3) is 5.56 Å². The summed E-state index contributed by atoms with van der Waals surface area (Å²) >= 11 is 0. The fourth-order valence-corrected chi connectivity index (χ4v) is 2.02. The number of halogens is 1. The van der Waals surface area contributed by atoms with E-state index in [0.29, 0.717) is 11.4 Å². The Kier molecular flexibility index (Phi) is 4.12. The summed E-state index contributed by atoms with van der Waals surface area (Å²) in [6.07, 6.45) is 1.42. The van der Waals surface area contributed by atoms with Crippen LogP contribution in [0, 0.1) is 0 Å². The highest BCUT2D eigenvalue weighted by Gasteiger charge is 2.52. The van der Waals surface area contributed by atoms with Crippen LogP contribution in [-0.4, -0.2) is 41.1 Å². The molecule has 0 unspecified atom stereocenters. The molecule has 0 radical (unpaired) electrons. The first-order valence-corrected chi connectivity index (χ1v) is 6.91. The lowest BCUT2D eigenvalue weighted by Crippen LogP contribution is -2.47. The number of rotatable bonds is 4. The normalized spacial score (nSPS) is 19.8. The van der Waals surface area contributed by atoms with E-state index in [2.05, 4.69) is 10.3 Å². The largest absolute Gasteiger partial charge is 0.502 e. The Hall–Kier alpha value is -1.41. The van der Waals surface area contributed by atoms with E-state index in [1.807, 2.05) is 27.7 Å². The van der Waals surface area contributed by atoms with Gasteiger partial charge in [-0.25, -0.2) is 9.37 Å². The molecule has 6 nitrogen and oxygen atoms in total. The smallest absolute Gasteiger partial charge is 0.399 e. The van der Waals surface area contributed by atoms with Gasteiger partial charge >= 0.3 is 7.12 Å². The molecule has 1 aromatic rings. The second-order valence-corrected chi connectivity index (χ2v) is 6.11. The van der Waals surface area contributed by atoms with E-state index in [9.17, 15) is 9.18 Å². The Morgan fingerprint density at radius 2 is 1.90 bits per heavy atom. The Morgan fingerprint density at radius 1 is 1.33 bits per heavy atom. The lowest BCUT2D eigenvalue weighted by Gasteiger charge is -2.32. The van der Waals surface area contributed by atoms with Crippen molar-refractivity contribution in [1.82, 2.24) is 9.55 Å². The third-order valence-corrected chi connectivity index (χ3v) is 4.08. The van der Waals surface area contributed by atoms with Crippen molar-refractivity contribution >= 4 is 18.5 Å².